The van der Waals surface area contributed by atoms with Crippen LogP contribution in [0.3, 0.4) is 0 Å². The van der Waals surface area contributed by atoms with Gasteiger partial charge in [0.1, 0.15) is 4.90 Å². The molecule has 1 aromatic rings. The van der Waals surface area contributed by atoms with Crippen LogP contribution < -0.4 is 0 Å². The summed E-state index contributed by atoms with van der Waals surface area (Å²) in [4.78, 5) is 13.9. The van der Waals surface area contributed by atoms with E-state index < -0.39 is 10.0 Å². The summed E-state index contributed by atoms with van der Waals surface area (Å²) in [5, 5.41) is 4.20. The minimum absolute atomic E-state index is 0.0690. The van der Waals surface area contributed by atoms with Crippen molar-refractivity contribution < 1.29 is 13.2 Å². The van der Waals surface area contributed by atoms with E-state index in [1.54, 1.807) is 43.5 Å². The van der Waals surface area contributed by atoms with E-state index in [1.807, 2.05) is 0 Å². The van der Waals surface area contributed by atoms with Gasteiger partial charge in [0.25, 0.3) is 0 Å². The molecule has 7 nitrogen and oxygen atoms in total. The first-order valence-corrected chi connectivity index (χ1v) is 9.15. The molecule has 0 N–H and O–H groups in total. The SMILES string of the molecule is C/C=C/C(=O)N1CCCN(S(=O)(=O)c2c(C)nn(C)c2C)CC1. The highest BCUT2D eigenvalue weighted by atomic mass is 32.2. The van der Waals surface area contributed by atoms with Gasteiger partial charge in [0, 0.05) is 33.2 Å². The van der Waals surface area contributed by atoms with Crippen LogP contribution in [-0.2, 0) is 21.9 Å². The number of amides is 1. The van der Waals surface area contributed by atoms with Gasteiger partial charge in [0.2, 0.25) is 15.9 Å². The van der Waals surface area contributed by atoms with E-state index in [0.29, 0.717) is 44.0 Å². The van der Waals surface area contributed by atoms with Crippen molar-refractivity contribution in [1.82, 2.24) is 19.0 Å². The zero-order valence-corrected chi connectivity index (χ0v) is 14.9. The first-order valence-electron chi connectivity index (χ1n) is 7.71. The summed E-state index contributed by atoms with van der Waals surface area (Å²) in [6.45, 7) is 6.95. The summed E-state index contributed by atoms with van der Waals surface area (Å²) in [5.74, 6) is -0.0690. The lowest BCUT2D eigenvalue weighted by Gasteiger charge is -2.21. The number of aromatic nitrogens is 2. The topological polar surface area (TPSA) is 75.5 Å². The molecule has 1 aromatic heterocycles. The summed E-state index contributed by atoms with van der Waals surface area (Å²) in [7, 11) is -1.86. The van der Waals surface area contributed by atoms with Crippen LogP contribution in [0.4, 0.5) is 0 Å². The van der Waals surface area contributed by atoms with Crippen LogP contribution in [0.25, 0.3) is 0 Å². The Hall–Kier alpha value is -1.67. The van der Waals surface area contributed by atoms with Gasteiger partial charge in [-0.1, -0.05) is 6.08 Å². The molecule has 1 aliphatic rings. The molecule has 0 aromatic carbocycles. The molecular weight excluding hydrogens is 316 g/mol. The van der Waals surface area contributed by atoms with Crippen LogP contribution in [0.1, 0.15) is 24.7 Å². The normalized spacial score (nSPS) is 17.7. The number of carbonyl (C=O) groups excluding carboxylic acids is 1. The van der Waals surface area contributed by atoms with Crippen molar-refractivity contribution in [2.24, 2.45) is 7.05 Å². The number of aryl methyl sites for hydroxylation is 2. The Bertz CT molecular complexity index is 721. The van der Waals surface area contributed by atoms with E-state index in [0.717, 1.165) is 0 Å². The fourth-order valence-corrected chi connectivity index (χ4v) is 4.73. The van der Waals surface area contributed by atoms with E-state index in [2.05, 4.69) is 5.10 Å². The molecule has 1 aliphatic heterocycles. The largest absolute Gasteiger partial charge is 0.338 e. The van der Waals surface area contributed by atoms with Gasteiger partial charge in [0.15, 0.2) is 0 Å². The second-order valence-electron chi connectivity index (χ2n) is 5.71. The Kier molecular flexibility index (Phi) is 5.26. The lowest BCUT2D eigenvalue weighted by Crippen LogP contribution is -2.37. The van der Waals surface area contributed by atoms with E-state index in [9.17, 15) is 13.2 Å². The molecule has 8 heteroatoms. The van der Waals surface area contributed by atoms with Crippen molar-refractivity contribution >= 4 is 15.9 Å². The average Bonchev–Trinajstić information content (AvgIpc) is 2.68. The number of allylic oxidation sites excluding steroid dienone is 1. The summed E-state index contributed by atoms with van der Waals surface area (Å²) in [6.07, 6.45) is 3.84. The van der Waals surface area contributed by atoms with Gasteiger partial charge in [-0.15, -0.1) is 0 Å². The molecule has 0 aliphatic carbocycles. The second-order valence-corrected chi connectivity index (χ2v) is 7.58. The second kappa shape index (κ2) is 6.84. The number of hydrogen-bond donors (Lipinski definition) is 0. The van der Waals surface area contributed by atoms with Gasteiger partial charge in [-0.2, -0.15) is 9.40 Å². The third-order valence-electron chi connectivity index (χ3n) is 4.12. The molecule has 0 radical (unpaired) electrons. The van der Waals surface area contributed by atoms with E-state index in [4.69, 9.17) is 0 Å². The van der Waals surface area contributed by atoms with Crippen LogP contribution in [0.2, 0.25) is 0 Å². The van der Waals surface area contributed by atoms with Crippen molar-refractivity contribution in [3.63, 3.8) is 0 Å². The highest BCUT2D eigenvalue weighted by Gasteiger charge is 2.32. The number of sulfonamides is 1. The highest BCUT2D eigenvalue weighted by molar-refractivity contribution is 7.89. The molecule has 2 heterocycles. The highest BCUT2D eigenvalue weighted by Crippen LogP contribution is 2.24. The third-order valence-corrected chi connectivity index (χ3v) is 6.27. The quantitative estimate of drug-likeness (QED) is 0.764. The number of nitrogens with zero attached hydrogens (tertiary/aromatic N) is 4. The van der Waals surface area contributed by atoms with Crippen molar-refractivity contribution in [2.45, 2.75) is 32.1 Å². The Labute approximate surface area is 137 Å². The molecule has 23 heavy (non-hydrogen) atoms. The van der Waals surface area contributed by atoms with Gasteiger partial charge in [-0.25, -0.2) is 8.42 Å². The Morgan fingerprint density at radius 1 is 1.17 bits per heavy atom. The Morgan fingerprint density at radius 2 is 1.87 bits per heavy atom. The van der Waals surface area contributed by atoms with Gasteiger partial charge >= 0.3 is 0 Å². The van der Waals surface area contributed by atoms with Gasteiger partial charge < -0.3 is 4.90 Å². The maximum atomic E-state index is 13.0. The fraction of sp³-hybridized carbons (Fsp3) is 0.600. The zero-order chi connectivity index (χ0) is 17.2. The van der Waals surface area contributed by atoms with Gasteiger partial charge in [-0.05, 0) is 33.3 Å². The maximum absolute atomic E-state index is 13.0. The summed E-state index contributed by atoms with van der Waals surface area (Å²) in [6, 6.07) is 0. The first kappa shape index (κ1) is 17.7. The molecule has 1 fully saturated rings. The molecule has 0 saturated carbocycles. The summed E-state index contributed by atoms with van der Waals surface area (Å²) >= 11 is 0. The Morgan fingerprint density at radius 3 is 2.43 bits per heavy atom. The molecule has 0 bridgehead atoms. The maximum Gasteiger partial charge on any atom is 0.246 e. The van der Waals surface area contributed by atoms with E-state index in [-0.39, 0.29) is 10.8 Å². The number of carbonyl (C=O) groups is 1. The van der Waals surface area contributed by atoms with Crippen molar-refractivity contribution in [1.29, 1.82) is 0 Å². The molecule has 0 unspecified atom stereocenters. The van der Waals surface area contributed by atoms with E-state index in [1.165, 1.54) is 10.4 Å². The Balaban J connectivity index is 2.23. The smallest absolute Gasteiger partial charge is 0.246 e. The van der Waals surface area contributed by atoms with Gasteiger partial charge in [-0.3, -0.25) is 9.48 Å². The van der Waals surface area contributed by atoms with Crippen molar-refractivity contribution in [3.05, 3.63) is 23.5 Å². The first-order chi connectivity index (χ1) is 10.8. The summed E-state index contributed by atoms with van der Waals surface area (Å²) in [5.41, 5.74) is 1.14. The minimum Gasteiger partial charge on any atom is -0.338 e. The number of rotatable bonds is 3. The monoisotopic (exact) mass is 340 g/mol. The third kappa shape index (κ3) is 3.48. The lowest BCUT2D eigenvalue weighted by atomic mass is 10.3. The van der Waals surface area contributed by atoms with Crippen molar-refractivity contribution in [2.75, 3.05) is 26.2 Å². The molecule has 1 saturated heterocycles. The van der Waals surface area contributed by atoms with Gasteiger partial charge in [0.05, 0.1) is 11.4 Å². The molecular formula is C15H24N4O3S. The van der Waals surface area contributed by atoms with Crippen LogP contribution in [0.5, 0.6) is 0 Å². The standard InChI is InChI=1S/C15H24N4O3S/c1-5-7-14(20)18-8-6-9-19(11-10-18)23(21,22)15-12(2)16-17(4)13(15)3/h5,7H,6,8-11H2,1-4H3/b7-5+. The molecule has 0 spiro atoms. The zero-order valence-electron chi connectivity index (χ0n) is 14.1. The molecule has 2 rings (SSSR count). The number of hydrogen-bond acceptors (Lipinski definition) is 4. The molecule has 0 atom stereocenters. The minimum atomic E-state index is -3.59. The van der Waals surface area contributed by atoms with Crippen LogP contribution in [-0.4, -0.2) is 59.5 Å². The van der Waals surface area contributed by atoms with E-state index >= 15 is 0 Å². The average molecular weight is 340 g/mol. The molecule has 1 amide bonds. The predicted octanol–water partition coefficient (Wildman–Crippen LogP) is 0.836. The van der Waals surface area contributed by atoms with Crippen LogP contribution >= 0.6 is 0 Å². The fourth-order valence-electron chi connectivity index (χ4n) is 2.86. The van der Waals surface area contributed by atoms with Crippen LogP contribution in [0.15, 0.2) is 17.0 Å². The molecule has 128 valence electrons. The lowest BCUT2D eigenvalue weighted by molar-refractivity contribution is -0.125. The predicted molar refractivity (Wildman–Crippen MR) is 87.5 cm³/mol. The van der Waals surface area contributed by atoms with Crippen LogP contribution in [0, 0.1) is 13.8 Å². The van der Waals surface area contributed by atoms with Crippen molar-refractivity contribution in [3.8, 4) is 0 Å². The summed E-state index contributed by atoms with van der Waals surface area (Å²) < 4.78 is 29.0.